The van der Waals surface area contributed by atoms with Gasteiger partial charge in [0.15, 0.2) is 0 Å². The fourth-order valence-electron chi connectivity index (χ4n) is 1.95. The number of likely N-dealkylation sites (N-methyl/N-ethyl adjacent to an activating group) is 2. The first-order valence-electron chi connectivity index (χ1n) is 6.86. The second-order valence-corrected chi connectivity index (χ2v) is 5.48. The molecular formula is C15H24ClN3O. The Morgan fingerprint density at radius 1 is 1.30 bits per heavy atom. The van der Waals surface area contributed by atoms with Crippen LogP contribution >= 0.6 is 11.6 Å². The van der Waals surface area contributed by atoms with Crippen LogP contribution in [0.2, 0.25) is 5.02 Å². The molecule has 1 N–H and O–H groups in total. The van der Waals surface area contributed by atoms with E-state index in [1.807, 2.05) is 30.1 Å². The van der Waals surface area contributed by atoms with E-state index in [0.717, 1.165) is 30.8 Å². The molecule has 0 fully saturated rings. The molecule has 1 rings (SSSR count). The van der Waals surface area contributed by atoms with E-state index in [9.17, 15) is 4.79 Å². The second-order valence-electron chi connectivity index (χ2n) is 5.07. The van der Waals surface area contributed by atoms with Gasteiger partial charge in [-0.3, -0.25) is 4.79 Å². The van der Waals surface area contributed by atoms with Crippen molar-refractivity contribution in [3.63, 3.8) is 0 Å². The van der Waals surface area contributed by atoms with Gasteiger partial charge in [0.2, 0.25) is 5.91 Å². The summed E-state index contributed by atoms with van der Waals surface area (Å²) in [6.07, 6.45) is 1.09. The lowest BCUT2D eigenvalue weighted by Crippen LogP contribution is -2.35. The third-order valence-corrected chi connectivity index (χ3v) is 3.37. The fraction of sp³-hybridized carbons (Fsp3) is 0.533. The van der Waals surface area contributed by atoms with Gasteiger partial charge in [-0.1, -0.05) is 30.7 Å². The van der Waals surface area contributed by atoms with E-state index in [1.165, 1.54) is 0 Å². The van der Waals surface area contributed by atoms with Crippen LogP contribution in [0.1, 0.15) is 18.9 Å². The predicted octanol–water partition coefficient (Wildman–Crippen LogP) is 2.36. The number of carbonyl (C=O) groups excluding carboxylic acids is 1. The average Bonchev–Trinajstić information content (AvgIpc) is 2.38. The third-order valence-electron chi connectivity index (χ3n) is 3.07. The monoisotopic (exact) mass is 297 g/mol. The minimum atomic E-state index is 0.0555. The van der Waals surface area contributed by atoms with E-state index in [-0.39, 0.29) is 5.91 Å². The topological polar surface area (TPSA) is 35.6 Å². The molecule has 112 valence electrons. The van der Waals surface area contributed by atoms with Crippen molar-refractivity contribution in [3.8, 4) is 0 Å². The van der Waals surface area contributed by atoms with Crippen LogP contribution in [-0.2, 0) is 11.3 Å². The lowest BCUT2D eigenvalue weighted by atomic mass is 10.1. The SMILES string of the molecule is CCCNCc1cccc(Cl)c1N(C)CC(=O)N(C)C. The van der Waals surface area contributed by atoms with Gasteiger partial charge in [-0.15, -0.1) is 0 Å². The maximum Gasteiger partial charge on any atom is 0.241 e. The maximum absolute atomic E-state index is 11.8. The molecule has 0 radical (unpaired) electrons. The number of carbonyl (C=O) groups is 1. The van der Waals surface area contributed by atoms with E-state index in [2.05, 4.69) is 12.2 Å². The van der Waals surface area contributed by atoms with Crippen LogP contribution in [0.15, 0.2) is 18.2 Å². The zero-order valence-corrected chi connectivity index (χ0v) is 13.5. The minimum Gasteiger partial charge on any atom is -0.364 e. The van der Waals surface area contributed by atoms with Gasteiger partial charge < -0.3 is 15.1 Å². The Morgan fingerprint density at radius 3 is 2.60 bits per heavy atom. The molecule has 4 nitrogen and oxygen atoms in total. The highest BCUT2D eigenvalue weighted by molar-refractivity contribution is 6.33. The number of rotatable bonds is 7. The molecule has 5 heteroatoms. The van der Waals surface area contributed by atoms with Crippen molar-refractivity contribution in [2.24, 2.45) is 0 Å². The van der Waals surface area contributed by atoms with Crippen molar-refractivity contribution in [3.05, 3.63) is 28.8 Å². The van der Waals surface area contributed by atoms with Gasteiger partial charge in [0.25, 0.3) is 0 Å². The van der Waals surface area contributed by atoms with Gasteiger partial charge >= 0.3 is 0 Å². The highest BCUT2D eigenvalue weighted by Crippen LogP contribution is 2.29. The first kappa shape index (κ1) is 16.8. The first-order chi connectivity index (χ1) is 9.47. The van der Waals surface area contributed by atoms with Crippen LogP contribution in [0.3, 0.4) is 0 Å². The molecule has 20 heavy (non-hydrogen) atoms. The van der Waals surface area contributed by atoms with Gasteiger partial charge in [0.1, 0.15) is 0 Å². The summed E-state index contributed by atoms with van der Waals surface area (Å²) in [7, 11) is 5.41. The van der Waals surface area contributed by atoms with Crippen molar-refractivity contribution >= 4 is 23.2 Å². The largest absolute Gasteiger partial charge is 0.364 e. The standard InChI is InChI=1S/C15H24ClN3O/c1-5-9-17-10-12-7-6-8-13(16)15(12)19(4)11-14(20)18(2)3/h6-8,17H,5,9-11H2,1-4H3. The van der Waals surface area contributed by atoms with Crippen molar-refractivity contribution in [2.45, 2.75) is 19.9 Å². The Balaban J connectivity index is 2.88. The van der Waals surface area contributed by atoms with Crippen molar-refractivity contribution < 1.29 is 4.79 Å². The van der Waals surface area contributed by atoms with E-state index in [1.54, 1.807) is 19.0 Å². The van der Waals surface area contributed by atoms with E-state index < -0.39 is 0 Å². The zero-order chi connectivity index (χ0) is 15.1. The third kappa shape index (κ3) is 4.69. The normalized spacial score (nSPS) is 10.4. The molecule has 0 saturated heterocycles. The summed E-state index contributed by atoms with van der Waals surface area (Å²) in [5.41, 5.74) is 2.04. The molecule has 0 bridgehead atoms. The van der Waals surface area contributed by atoms with Crippen molar-refractivity contribution in [1.82, 2.24) is 10.2 Å². The first-order valence-corrected chi connectivity index (χ1v) is 7.24. The smallest absolute Gasteiger partial charge is 0.241 e. The summed E-state index contributed by atoms with van der Waals surface area (Å²) in [6.45, 7) is 4.17. The zero-order valence-electron chi connectivity index (χ0n) is 12.7. The Kier molecular flexibility index (Phi) is 6.82. The van der Waals surface area contributed by atoms with Gasteiger partial charge in [0, 0.05) is 27.7 Å². The number of hydrogen-bond donors (Lipinski definition) is 1. The second kappa shape index (κ2) is 8.12. The summed E-state index contributed by atoms with van der Waals surface area (Å²) in [5.74, 6) is 0.0555. The van der Waals surface area contributed by atoms with Crippen molar-refractivity contribution in [2.75, 3.05) is 39.1 Å². The number of nitrogens with one attached hydrogen (secondary N) is 1. The van der Waals surface area contributed by atoms with Gasteiger partial charge in [-0.05, 0) is 24.6 Å². The summed E-state index contributed by atoms with van der Waals surface area (Å²) >= 11 is 6.31. The predicted molar refractivity (Wildman–Crippen MR) is 85.4 cm³/mol. The van der Waals surface area contributed by atoms with E-state index in [4.69, 9.17) is 11.6 Å². The lowest BCUT2D eigenvalue weighted by molar-refractivity contribution is -0.127. The Hall–Kier alpha value is -1.26. The molecule has 0 unspecified atom stereocenters. The molecule has 0 spiro atoms. The van der Waals surface area contributed by atoms with Crippen molar-refractivity contribution in [1.29, 1.82) is 0 Å². The summed E-state index contributed by atoms with van der Waals surface area (Å²) < 4.78 is 0. The summed E-state index contributed by atoms with van der Waals surface area (Å²) in [4.78, 5) is 15.3. The number of anilines is 1. The molecular weight excluding hydrogens is 274 g/mol. The highest BCUT2D eigenvalue weighted by Gasteiger charge is 2.15. The van der Waals surface area contributed by atoms with Gasteiger partial charge in [0.05, 0.1) is 17.3 Å². The van der Waals surface area contributed by atoms with E-state index in [0.29, 0.717) is 11.6 Å². The molecule has 0 aliphatic carbocycles. The summed E-state index contributed by atoms with van der Waals surface area (Å²) in [5, 5.41) is 4.05. The number of amides is 1. The molecule has 1 aromatic rings. The van der Waals surface area contributed by atoms with Gasteiger partial charge in [-0.2, -0.15) is 0 Å². The minimum absolute atomic E-state index is 0.0555. The van der Waals surface area contributed by atoms with Crippen LogP contribution in [0.25, 0.3) is 0 Å². The van der Waals surface area contributed by atoms with Gasteiger partial charge in [-0.25, -0.2) is 0 Å². The van der Waals surface area contributed by atoms with Crippen LogP contribution in [0, 0.1) is 0 Å². The van der Waals surface area contributed by atoms with Crippen LogP contribution in [-0.4, -0.2) is 45.0 Å². The molecule has 1 amide bonds. The number of halogens is 1. The molecule has 0 aromatic heterocycles. The molecule has 0 atom stereocenters. The highest BCUT2D eigenvalue weighted by atomic mass is 35.5. The molecule has 1 aromatic carbocycles. The molecule has 0 saturated carbocycles. The van der Waals surface area contributed by atoms with Crippen LogP contribution < -0.4 is 10.2 Å². The van der Waals surface area contributed by atoms with Crippen LogP contribution in [0.4, 0.5) is 5.69 Å². The Morgan fingerprint density at radius 2 is 2.00 bits per heavy atom. The maximum atomic E-state index is 11.8. The number of hydrogen-bond acceptors (Lipinski definition) is 3. The molecule has 0 aliphatic heterocycles. The number of benzene rings is 1. The summed E-state index contributed by atoms with van der Waals surface area (Å²) in [6, 6.07) is 5.84. The number of nitrogens with zero attached hydrogens (tertiary/aromatic N) is 2. The Bertz CT molecular complexity index is 449. The van der Waals surface area contributed by atoms with Crippen LogP contribution in [0.5, 0.6) is 0 Å². The van der Waals surface area contributed by atoms with E-state index >= 15 is 0 Å². The number of para-hydroxylation sites is 1. The molecule has 0 aliphatic rings. The fourth-order valence-corrected chi connectivity index (χ4v) is 2.29. The average molecular weight is 298 g/mol. The lowest BCUT2D eigenvalue weighted by Gasteiger charge is -2.25. The molecule has 0 heterocycles. The quantitative estimate of drug-likeness (QED) is 0.785. The Labute approximate surface area is 126 Å².